The van der Waals surface area contributed by atoms with Crippen LogP contribution < -0.4 is 5.32 Å². The lowest BCUT2D eigenvalue weighted by molar-refractivity contribution is -0.0859. The minimum atomic E-state index is 0.0506. The topological polar surface area (TPSA) is 24.5 Å². The molecular weight excluding hydrogens is 224 g/mol. The van der Waals surface area contributed by atoms with Crippen LogP contribution >= 0.6 is 0 Å². The molecule has 2 fully saturated rings. The molecule has 0 aromatic rings. The lowest BCUT2D eigenvalue weighted by Gasteiger charge is -2.38. The lowest BCUT2D eigenvalue weighted by Crippen LogP contribution is -2.48. The average molecular weight is 254 g/mol. The first-order valence-electron chi connectivity index (χ1n) is 7.75. The second-order valence-corrected chi connectivity index (χ2v) is 6.53. The minimum Gasteiger partial charge on any atom is -0.373 e. The average Bonchev–Trinajstić information content (AvgIpc) is 2.35. The smallest absolute Gasteiger partial charge is 0.0753 e. The van der Waals surface area contributed by atoms with Crippen LogP contribution in [0.3, 0.4) is 0 Å². The molecule has 1 saturated carbocycles. The Morgan fingerprint density at radius 3 is 2.72 bits per heavy atom. The van der Waals surface area contributed by atoms with Crippen molar-refractivity contribution in [2.45, 2.75) is 64.0 Å². The molecule has 0 spiro atoms. The fraction of sp³-hybridized carbons (Fsp3) is 1.00. The Morgan fingerprint density at radius 1 is 1.22 bits per heavy atom. The second-order valence-electron chi connectivity index (χ2n) is 6.53. The zero-order valence-electron chi connectivity index (χ0n) is 12.2. The fourth-order valence-corrected chi connectivity index (χ4v) is 3.22. The van der Waals surface area contributed by atoms with Crippen LogP contribution in [0, 0.1) is 0 Å². The van der Waals surface area contributed by atoms with Gasteiger partial charge >= 0.3 is 0 Å². The van der Waals surface area contributed by atoms with Crippen molar-refractivity contribution in [3.8, 4) is 0 Å². The van der Waals surface area contributed by atoms with Gasteiger partial charge in [-0.3, -0.25) is 4.90 Å². The summed E-state index contributed by atoms with van der Waals surface area (Å²) >= 11 is 0. The summed E-state index contributed by atoms with van der Waals surface area (Å²) < 4.78 is 5.74. The highest BCUT2D eigenvalue weighted by Gasteiger charge is 2.26. The number of rotatable bonds is 5. The summed E-state index contributed by atoms with van der Waals surface area (Å²) in [6, 6.07) is 0.805. The summed E-state index contributed by atoms with van der Waals surface area (Å²) in [7, 11) is 0. The van der Waals surface area contributed by atoms with Gasteiger partial charge in [-0.05, 0) is 46.2 Å². The maximum Gasteiger partial charge on any atom is 0.0753 e. The van der Waals surface area contributed by atoms with Gasteiger partial charge in [-0.25, -0.2) is 0 Å². The largest absolute Gasteiger partial charge is 0.373 e. The van der Waals surface area contributed by atoms with Crippen molar-refractivity contribution in [1.29, 1.82) is 0 Å². The van der Waals surface area contributed by atoms with E-state index in [-0.39, 0.29) is 5.60 Å². The van der Waals surface area contributed by atoms with Crippen molar-refractivity contribution in [2.75, 3.05) is 32.8 Å². The minimum absolute atomic E-state index is 0.0506. The quantitative estimate of drug-likeness (QED) is 0.763. The standard InChI is InChI=1S/C15H30N2O/c1-15(2)13-17(11-12-18-15)10-6-9-16-14-7-4-3-5-8-14/h14,16H,3-13H2,1-2H3. The van der Waals surface area contributed by atoms with Crippen LogP contribution in [0.1, 0.15) is 52.4 Å². The first-order chi connectivity index (χ1) is 8.66. The van der Waals surface area contributed by atoms with Gasteiger partial charge in [-0.15, -0.1) is 0 Å². The monoisotopic (exact) mass is 254 g/mol. The number of nitrogens with zero attached hydrogens (tertiary/aromatic N) is 1. The molecule has 0 aromatic heterocycles. The second kappa shape index (κ2) is 6.88. The van der Waals surface area contributed by atoms with Crippen molar-refractivity contribution in [3.63, 3.8) is 0 Å². The van der Waals surface area contributed by atoms with E-state index in [0.717, 1.165) is 25.7 Å². The molecular formula is C15H30N2O. The Kier molecular flexibility index (Phi) is 5.46. The molecule has 2 aliphatic rings. The van der Waals surface area contributed by atoms with Crippen LogP contribution in [0.15, 0.2) is 0 Å². The summed E-state index contributed by atoms with van der Waals surface area (Å²) in [6.07, 6.45) is 8.35. The van der Waals surface area contributed by atoms with E-state index in [1.165, 1.54) is 51.6 Å². The van der Waals surface area contributed by atoms with Gasteiger partial charge in [0.25, 0.3) is 0 Å². The molecule has 1 heterocycles. The van der Waals surface area contributed by atoms with Gasteiger partial charge in [0.15, 0.2) is 0 Å². The van der Waals surface area contributed by atoms with E-state index >= 15 is 0 Å². The summed E-state index contributed by atoms with van der Waals surface area (Å²) in [5, 5.41) is 3.72. The highest BCUT2D eigenvalue weighted by molar-refractivity contribution is 4.79. The SMILES string of the molecule is CC1(C)CN(CCCNC2CCCCC2)CCO1. The Bertz CT molecular complexity index is 237. The van der Waals surface area contributed by atoms with Crippen LogP contribution in [0.5, 0.6) is 0 Å². The molecule has 0 amide bonds. The Hall–Kier alpha value is -0.120. The molecule has 0 aromatic carbocycles. The van der Waals surface area contributed by atoms with Gasteiger partial charge in [-0.1, -0.05) is 19.3 Å². The van der Waals surface area contributed by atoms with E-state index in [4.69, 9.17) is 4.74 Å². The molecule has 3 nitrogen and oxygen atoms in total. The molecule has 0 bridgehead atoms. The van der Waals surface area contributed by atoms with Crippen molar-refractivity contribution >= 4 is 0 Å². The van der Waals surface area contributed by atoms with Gasteiger partial charge in [0.1, 0.15) is 0 Å². The van der Waals surface area contributed by atoms with Gasteiger partial charge < -0.3 is 10.1 Å². The van der Waals surface area contributed by atoms with Gasteiger partial charge in [0, 0.05) is 19.1 Å². The Balaban J connectivity index is 1.54. The molecule has 0 atom stereocenters. The first-order valence-corrected chi connectivity index (χ1v) is 7.75. The van der Waals surface area contributed by atoms with E-state index in [1.807, 2.05) is 0 Å². The van der Waals surface area contributed by atoms with Crippen LogP contribution in [0.4, 0.5) is 0 Å². The van der Waals surface area contributed by atoms with Gasteiger partial charge in [0.2, 0.25) is 0 Å². The van der Waals surface area contributed by atoms with Crippen LogP contribution in [0.2, 0.25) is 0 Å². The summed E-state index contributed by atoms with van der Waals surface area (Å²) in [5.74, 6) is 0. The fourth-order valence-electron chi connectivity index (χ4n) is 3.22. The van der Waals surface area contributed by atoms with Crippen molar-refractivity contribution in [1.82, 2.24) is 10.2 Å². The molecule has 106 valence electrons. The highest BCUT2D eigenvalue weighted by atomic mass is 16.5. The van der Waals surface area contributed by atoms with Crippen molar-refractivity contribution < 1.29 is 4.74 Å². The molecule has 18 heavy (non-hydrogen) atoms. The lowest BCUT2D eigenvalue weighted by atomic mass is 9.95. The number of hydrogen-bond donors (Lipinski definition) is 1. The van der Waals surface area contributed by atoms with E-state index in [2.05, 4.69) is 24.1 Å². The third-order valence-corrected chi connectivity index (χ3v) is 4.19. The zero-order valence-corrected chi connectivity index (χ0v) is 12.2. The predicted molar refractivity (Wildman–Crippen MR) is 76.0 cm³/mol. The first kappa shape index (κ1) is 14.3. The van der Waals surface area contributed by atoms with Crippen molar-refractivity contribution in [2.24, 2.45) is 0 Å². The van der Waals surface area contributed by atoms with E-state index < -0.39 is 0 Å². The van der Waals surface area contributed by atoms with Crippen LogP contribution in [-0.2, 0) is 4.74 Å². The van der Waals surface area contributed by atoms with Crippen molar-refractivity contribution in [3.05, 3.63) is 0 Å². The summed E-state index contributed by atoms with van der Waals surface area (Å²) in [5.41, 5.74) is 0.0506. The van der Waals surface area contributed by atoms with Crippen LogP contribution in [-0.4, -0.2) is 49.3 Å². The molecule has 2 rings (SSSR count). The zero-order chi connectivity index (χ0) is 12.8. The Labute approximate surface area is 112 Å². The van der Waals surface area contributed by atoms with E-state index in [1.54, 1.807) is 0 Å². The number of nitrogens with one attached hydrogen (secondary N) is 1. The summed E-state index contributed by atoms with van der Waals surface area (Å²) in [6.45, 7) is 9.86. The van der Waals surface area contributed by atoms with Gasteiger partial charge in [-0.2, -0.15) is 0 Å². The maximum absolute atomic E-state index is 5.74. The molecule has 1 aliphatic heterocycles. The molecule has 1 saturated heterocycles. The normalized spacial score (nSPS) is 26.3. The predicted octanol–water partition coefficient (Wildman–Crippen LogP) is 2.41. The highest BCUT2D eigenvalue weighted by Crippen LogP contribution is 2.18. The van der Waals surface area contributed by atoms with E-state index in [9.17, 15) is 0 Å². The number of hydrogen-bond acceptors (Lipinski definition) is 3. The molecule has 3 heteroatoms. The molecule has 0 radical (unpaired) electrons. The number of morpholine rings is 1. The summed E-state index contributed by atoms with van der Waals surface area (Å²) in [4.78, 5) is 2.55. The molecule has 1 N–H and O–H groups in total. The van der Waals surface area contributed by atoms with E-state index in [0.29, 0.717) is 0 Å². The third kappa shape index (κ3) is 4.87. The Morgan fingerprint density at radius 2 is 2.00 bits per heavy atom. The van der Waals surface area contributed by atoms with Gasteiger partial charge in [0.05, 0.1) is 12.2 Å². The third-order valence-electron chi connectivity index (χ3n) is 4.19. The maximum atomic E-state index is 5.74. The molecule has 1 aliphatic carbocycles. The van der Waals surface area contributed by atoms with Crippen LogP contribution in [0.25, 0.3) is 0 Å². The molecule has 0 unspecified atom stereocenters. The number of ether oxygens (including phenoxy) is 1.